The van der Waals surface area contributed by atoms with E-state index in [2.05, 4.69) is 10.4 Å². The number of aromatic nitrogens is 2. The van der Waals surface area contributed by atoms with Crippen LogP contribution >= 0.6 is 0 Å². The number of amides is 1. The number of carbonyl (C=O) groups is 1. The lowest BCUT2D eigenvalue weighted by molar-refractivity contribution is 0.0633. The van der Waals surface area contributed by atoms with Crippen LogP contribution in [0.2, 0.25) is 0 Å². The van der Waals surface area contributed by atoms with E-state index < -0.39 is 25.2 Å². The van der Waals surface area contributed by atoms with Crippen molar-refractivity contribution in [2.45, 2.75) is 39.5 Å². The molecule has 0 bridgehead atoms. The number of nitrogens with one attached hydrogen (secondary N) is 1. The van der Waals surface area contributed by atoms with Gasteiger partial charge in [-0.15, -0.1) is 0 Å². The molecule has 0 spiro atoms. The van der Waals surface area contributed by atoms with Gasteiger partial charge in [0, 0.05) is 0 Å². The van der Waals surface area contributed by atoms with Crippen LogP contribution in [0.4, 0.5) is 10.5 Å². The summed E-state index contributed by atoms with van der Waals surface area (Å²) in [4.78, 5) is 11.5. The van der Waals surface area contributed by atoms with Gasteiger partial charge < -0.3 is 19.4 Å². The summed E-state index contributed by atoms with van der Waals surface area (Å²) in [7, 11) is -1.89. The molecule has 0 aliphatic heterocycles. The van der Waals surface area contributed by atoms with Crippen molar-refractivity contribution in [3.63, 3.8) is 0 Å². The summed E-state index contributed by atoms with van der Waals surface area (Å²) in [5, 5.41) is 23.8. The normalized spacial score (nSPS) is 12.9. The second-order valence-corrected chi connectivity index (χ2v) is 4.90. The Hall–Kier alpha value is -1.58. The fourth-order valence-corrected chi connectivity index (χ4v) is 1.26. The molecule has 0 saturated heterocycles. The first-order valence-electron chi connectivity index (χ1n) is 5.73. The van der Waals surface area contributed by atoms with E-state index in [0.29, 0.717) is 5.69 Å². The Morgan fingerprint density at radius 1 is 1.53 bits per heavy atom. The summed E-state index contributed by atoms with van der Waals surface area (Å²) in [6, 6.07) is 0. The third-order valence-electron chi connectivity index (χ3n) is 1.94. The SMILES string of the molecule is CC(OB(O)O)n1cc(NC(=O)OC(C)(C)C)cn1. The highest BCUT2D eigenvalue weighted by Gasteiger charge is 2.18. The average Bonchev–Trinajstić information content (AvgIpc) is 2.61. The minimum absolute atomic E-state index is 0.414. The molecule has 1 aromatic rings. The van der Waals surface area contributed by atoms with Crippen LogP contribution in [0.15, 0.2) is 12.4 Å². The summed E-state index contributed by atoms with van der Waals surface area (Å²) in [6.45, 7) is 6.85. The van der Waals surface area contributed by atoms with Crippen LogP contribution < -0.4 is 5.32 Å². The van der Waals surface area contributed by atoms with Gasteiger partial charge in [-0.1, -0.05) is 0 Å². The van der Waals surface area contributed by atoms with E-state index in [1.807, 2.05) is 0 Å². The van der Waals surface area contributed by atoms with Gasteiger partial charge in [-0.2, -0.15) is 5.10 Å². The Bertz CT molecular complexity index is 429. The number of rotatable bonds is 4. The van der Waals surface area contributed by atoms with Crippen LogP contribution in [0.3, 0.4) is 0 Å². The van der Waals surface area contributed by atoms with Crippen LogP contribution in [0, 0.1) is 0 Å². The molecule has 3 N–H and O–H groups in total. The van der Waals surface area contributed by atoms with E-state index in [-0.39, 0.29) is 0 Å². The monoisotopic (exact) mass is 271 g/mol. The second kappa shape index (κ2) is 6.05. The molecule has 1 amide bonds. The summed E-state index contributed by atoms with van der Waals surface area (Å²) in [6.07, 6.45) is 1.60. The maximum absolute atomic E-state index is 11.5. The summed E-state index contributed by atoms with van der Waals surface area (Å²) >= 11 is 0. The lowest BCUT2D eigenvalue weighted by atomic mass is 10.2. The molecular weight excluding hydrogens is 253 g/mol. The minimum atomic E-state index is -1.89. The van der Waals surface area contributed by atoms with E-state index in [0.717, 1.165) is 0 Å². The van der Waals surface area contributed by atoms with Gasteiger partial charge in [0.2, 0.25) is 0 Å². The van der Waals surface area contributed by atoms with E-state index in [9.17, 15) is 4.79 Å². The number of hydrogen-bond acceptors (Lipinski definition) is 6. The van der Waals surface area contributed by atoms with Crippen molar-refractivity contribution < 1.29 is 24.2 Å². The standard InChI is InChI=1S/C10H18BN3O5/c1-7(19-11(16)17)14-6-8(5-12-14)13-9(15)18-10(2,3)4/h5-7,16-17H,1-4H3,(H,13,15). The molecule has 9 heteroatoms. The topological polar surface area (TPSA) is 106 Å². The zero-order chi connectivity index (χ0) is 14.6. The number of carbonyl (C=O) groups excluding carboxylic acids is 1. The molecule has 1 aromatic heterocycles. The van der Waals surface area contributed by atoms with Crippen molar-refractivity contribution in [1.29, 1.82) is 0 Å². The number of hydrogen-bond donors (Lipinski definition) is 3. The first-order valence-corrected chi connectivity index (χ1v) is 5.73. The minimum Gasteiger partial charge on any atom is -0.444 e. The zero-order valence-electron chi connectivity index (χ0n) is 11.3. The number of anilines is 1. The predicted octanol–water partition coefficient (Wildman–Crippen LogP) is 0.735. The van der Waals surface area contributed by atoms with Crippen molar-refractivity contribution in [2.24, 2.45) is 0 Å². The largest absolute Gasteiger partial charge is 0.635 e. The summed E-state index contributed by atoms with van der Waals surface area (Å²) in [5.41, 5.74) is -0.172. The first-order chi connectivity index (χ1) is 8.67. The summed E-state index contributed by atoms with van der Waals surface area (Å²) < 4.78 is 11.1. The van der Waals surface area contributed by atoms with E-state index in [1.54, 1.807) is 27.7 Å². The summed E-state index contributed by atoms with van der Waals surface area (Å²) in [5.74, 6) is 0. The van der Waals surface area contributed by atoms with Crippen LogP contribution in [-0.2, 0) is 9.39 Å². The Balaban J connectivity index is 2.58. The first kappa shape index (κ1) is 15.5. The van der Waals surface area contributed by atoms with Crippen molar-refractivity contribution in [1.82, 2.24) is 9.78 Å². The molecule has 0 radical (unpaired) electrons. The Morgan fingerprint density at radius 2 is 2.16 bits per heavy atom. The van der Waals surface area contributed by atoms with Gasteiger partial charge in [0.25, 0.3) is 0 Å². The van der Waals surface area contributed by atoms with Gasteiger partial charge in [-0.3, -0.25) is 5.32 Å². The van der Waals surface area contributed by atoms with Crippen molar-refractivity contribution in [3.05, 3.63) is 12.4 Å². The van der Waals surface area contributed by atoms with Gasteiger partial charge in [0.1, 0.15) is 11.8 Å². The maximum Gasteiger partial charge on any atom is 0.635 e. The van der Waals surface area contributed by atoms with E-state index >= 15 is 0 Å². The smallest absolute Gasteiger partial charge is 0.444 e. The lowest BCUT2D eigenvalue weighted by Crippen LogP contribution is -2.27. The van der Waals surface area contributed by atoms with Crippen LogP contribution in [-0.4, -0.2) is 38.8 Å². The van der Waals surface area contributed by atoms with Crippen LogP contribution in [0.1, 0.15) is 33.9 Å². The molecule has 1 unspecified atom stereocenters. The highest BCUT2D eigenvalue weighted by molar-refractivity contribution is 6.32. The fraction of sp³-hybridized carbons (Fsp3) is 0.600. The molecule has 8 nitrogen and oxygen atoms in total. The molecule has 19 heavy (non-hydrogen) atoms. The van der Waals surface area contributed by atoms with E-state index in [4.69, 9.17) is 19.4 Å². The maximum atomic E-state index is 11.5. The Labute approximate surface area is 111 Å². The van der Waals surface area contributed by atoms with Crippen molar-refractivity contribution >= 4 is 19.1 Å². The molecule has 106 valence electrons. The average molecular weight is 271 g/mol. The third kappa shape index (κ3) is 5.73. The third-order valence-corrected chi connectivity index (χ3v) is 1.94. The molecule has 0 aliphatic rings. The number of ether oxygens (including phenoxy) is 1. The van der Waals surface area contributed by atoms with E-state index in [1.165, 1.54) is 17.1 Å². The van der Waals surface area contributed by atoms with Crippen molar-refractivity contribution in [3.8, 4) is 0 Å². The second-order valence-electron chi connectivity index (χ2n) is 4.90. The van der Waals surface area contributed by atoms with Crippen LogP contribution in [0.25, 0.3) is 0 Å². The molecule has 0 saturated carbocycles. The van der Waals surface area contributed by atoms with Gasteiger partial charge in [0.15, 0.2) is 0 Å². The molecule has 1 heterocycles. The molecule has 0 aromatic carbocycles. The fourth-order valence-electron chi connectivity index (χ4n) is 1.26. The van der Waals surface area contributed by atoms with Gasteiger partial charge in [-0.05, 0) is 27.7 Å². The molecule has 0 fully saturated rings. The van der Waals surface area contributed by atoms with Crippen molar-refractivity contribution in [2.75, 3.05) is 5.32 Å². The quantitative estimate of drug-likeness (QED) is 0.697. The molecule has 1 atom stereocenters. The van der Waals surface area contributed by atoms with Crippen LogP contribution in [0.5, 0.6) is 0 Å². The molecule has 1 rings (SSSR count). The highest BCUT2D eigenvalue weighted by atomic mass is 16.6. The predicted molar refractivity (Wildman–Crippen MR) is 68.1 cm³/mol. The Kier molecular flexibility index (Phi) is 4.93. The Morgan fingerprint density at radius 3 is 2.68 bits per heavy atom. The zero-order valence-corrected chi connectivity index (χ0v) is 11.3. The van der Waals surface area contributed by atoms with Gasteiger partial charge >= 0.3 is 13.4 Å². The van der Waals surface area contributed by atoms with Gasteiger partial charge in [0.05, 0.1) is 18.1 Å². The molecular formula is C10H18BN3O5. The lowest BCUT2D eigenvalue weighted by Gasteiger charge is -2.19. The molecule has 0 aliphatic carbocycles. The number of nitrogens with zero attached hydrogens (tertiary/aromatic N) is 2. The van der Waals surface area contributed by atoms with Gasteiger partial charge in [-0.25, -0.2) is 9.48 Å². The highest BCUT2D eigenvalue weighted by Crippen LogP contribution is 2.14.